The first-order chi connectivity index (χ1) is 11.0. The fourth-order valence-electron chi connectivity index (χ4n) is 2.66. The van der Waals surface area contributed by atoms with Crippen molar-refractivity contribution in [3.8, 4) is 5.75 Å². The summed E-state index contributed by atoms with van der Waals surface area (Å²) in [5.41, 5.74) is 0.179. The van der Waals surface area contributed by atoms with Crippen LogP contribution in [0.25, 0.3) is 0 Å². The van der Waals surface area contributed by atoms with E-state index in [-0.39, 0.29) is 36.1 Å². The van der Waals surface area contributed by atoms with Gasteiger partial charge in [0.25, 0.3) is 5.91 Å². The van der Waals surface area contributed by atoms with Gasteiger partial charge in [0.15, 0.2) is 0 Å². The van der Waals surface area contributed by atoms with Crippen LogP contribution in [0.4, 0.5) is 0 Å². The van der Waals surface area contributed by atoms with Crippen LogP contribution in [0.2, 0.25) is 0 Å². The lowest BCUT2D eigenvalue weighted by atomic mass is 10.1. The van der Waals surface area contributed by atoms with Gasteiger partial charge in [-0.2, -0.15) is 0 Å². The summed E-state index contributed by atoms with van der Waals surface area (Å²) in [7, 11) is 0. The largest absolute Gasteiger partial charge is 0.507 e. The lowest BCUT2D eigenvalue weighted by Gasteiger charge is -2.24. The number of nitrogens with one attached hydrogen (secondary N) is 1. The van der Waals surface area contributed by atoms with Gasteiger partial charge in [-0.05, 0) is 31.4 Å². The number of nitrogens with zero attached hydrogens (tertiary/aromatic N) is 1. The average molecular weight is 320 g/mol. The van der Waals surface area contributed by atoms with Crippen molar-refractivity contribution in [2.75, 3.05) is 13.1 Å². The minimum atomic E-state index is -0.906. The van der Waals surface area contributed by atoms with Gasteiger partial charge < -0.3 is 20.4 Å². The molecule has 1 aliphatic heterocycles. The Labute approximate surface area is 133 Å². The maximum absolute atomic E-state index is 12.5. The van der Waals surface area contributed by atoms with Crippen molar-refractivity contribution in [1.82, 2.24) is 10.2 Å². The smallest absolute Gasteiger partial charge is 0.303 e. The third-order valence-electron chi connectivity index (χ3n) is 3.82. The fraction of sp³-hybridized carbons (Fsp3) is 0.438. The van der Waals surface area contributed by atoms with Crippen LogP contribution in [0.5, 0.6) is 5.75 Å². The average Bonchev–Trinajstić information content (AvgIpc) is 3.00. The number of phenols is 1. The first-order valence-corrected chi connectivity index (χ1v) is 7.59. The van der Waals surface area contributed by atoms with E-state index in [4.69, 9.17) is 5.11 Å². The highest BCUT2D eigenvalue weighted by Gasteiger charge is 2.35. The molecule has 1 atom stereocenters. The molecule has 1 unspecified atom stereocenters. The predicted octanol–water partition coefficient (Wildman–Crippen LogP) is 0.978. The second kappa shape index (κ2) is 7.62. The summed E-state index contributed by atoms with van der Waals surface area (Å²) >= 11 is 0. The van der Waals surface area contributed by atoms with E-state index in [0.717, 1.165) is 0 Å². The molecule has 3 N–H and O–H groups in total. The number of carboxylic acid groups (broad SMARTS) is 1. The van der Waals surface area contributed by atoms with Gasteiger partial charge in [0, 0.05) is 19.5 Å². The molecule has 0 spiro atoms. The van der Waals surface area contributed by atoms with Crippen molar-refractivity contribution in [2.45, 2.75) is 31.7 Å². The van der Waals surface area contributed by atoms with E-state index in [1.165, 1.54) is 17.0 Å². The number of aromatic hydroxyl groups is 1. The summed E-state index contributed by atoms with van der Waals surface area (Å²) in [4.78, 5) is 36.6. The van der Waals surface area contributed by atoms with E-state index < -0.39 is 12.0 Å². The quantitative estimate of drug-likeness (QED) is 0.677. The number of carboxylic acids is 1. The number of amides is 2. The SMILES string of the molecule is O=C(O)CCCNC(=O)C1CCCN1C(=O)c1ccccc1O. The number of aliphatic carboxylic acids is 1. The molecular weight excluding hydrogens is 300 g/mol. The molecule has 0 bridgehead atoms. The lowest BCUT2D eigenvalue weighted by Crippen LogP contribution is -2.46. The minimum absolute atomic E-state index is 0.00845. The molecule has 1 aromatic rings. The molecule has 1 aromatic carbocycles. The van der Waals surface area contributed by atoms with Gasteiger partial charge in [-0.1, -0.05) is 12.1 Å². The zero-order valence-electron chi connectivity index (χ0n) is 12.7. The molecule has 7 heteroatoms. The second-order valence-corrected chi connectivity index (χ2v) is 5.46. The Balaban J connectivity index is 1.97. The molecule has 1 fully saturated rings. The summed E-state index contributed by atoms with van der Waals surface area (Å²) in [6.45, 7) is 0.723. The Hall–Kier alpha value is -2.57. The van der Waals surface area contributed by atoms with E-state index in [1.54, 1.807) is 12.1 Å². The van der Waals surface area contributed by atoms with Crippen LogP contribution in [0.3, 0.4) is 0 Å². The van der Waals surface area contributed by atoms with Crippen LogP contribution in [0.1, 0.15) is 36.0 Å². The first-order valence-electron chi connectivity index (χ1n) is 7.59. The minimum Gasteiger partial charge on any atom is -0.507 e. The van der Waals surface area contributed by atoms with Crippen molar-refractivity contribution in [3.05, 3.63) is 29.8 Å². The van der Waals surface area contributed by atoms with E-state index in [2.05, 4.69) is 5.32 Å². The summed E-state index contributed by atoms with van der Waals surface area (Å²) in [5, 5.41) is 21.0. The van der Waals surface area contributed by atoms with E-state index >= 15 is 0 Å². The third-order valence-corrected chi connectivity index (χ3v) is 3.82. The standard InChI is InChI=1S/C16H20N2O5/c19-13-7-2-1-5-11(13)16(23)18-10-4-6-12(18)15(22)17-9-3-8-14(20)21/h1-2,5,7,12,19H,3-4,6,8-10H2,(H,17,22)(H,20,21). The molecule has 2 rings (SSSR count). The highest BCUT2D eigenvalue weighted by atomic mass is 16.4. The van der Waals surface area contributed by atoms with Crippen molar-refractivity contribution >= 4 is 17.8 Å². The Morgan fingerprint density at radius 1 is 1.26 bits per heavy atom. The number of carbonyl (C=O) groups is 3. The monoisotopic (exact) mass is 320 g/mol. The normalized spacial score (nSPS) is 17.0. The van der Waals surface area contributed by atoms with Crippen LogP contribution in [0, 0.1) is 0 Å². The molecule has 0 aliphatic carbocycles. The number of phenolic OH excluding ortho intramolecular Hbond substituents is 1. The molecule has 124 valence electrons. The summed E-state index contributed by atoms with van der Waals surface area (Å²) in [6.07, 6.45) is 1.61. The number of carbonyl (C=O) groups excluding carboxylic acids is 2. The second-order valence-electron chi connectivity index (χ2n) is 5.46. The van der Waals surface area contributed by atoms with Gasteiger partial charge in [0.05, 0.1) is 5.56 Å². The van der Waals surface area contributed by atoms with Crippen molar-refractivity contribution in [2.24, 2.45) is 0 Å². The molecule has 1 saturated heterocycles. The topological polar surface area (TPSA) is 107 Å². The lowest BCUT2D eigenvalue weighted by molar-refractivity contribution is -0.137. The Morgan fingerprint density at radius 3 is 2.70 bits per heavy atom. The van der Waals surface area contributed by atoms with E-state index in [0.29, 0.717) is 25.8 Å². The molecule has 23 heavy (non-hydrogen) atoms. The summed E-state index contributed by atoms with van der Waals surface area (Å²) < 4.78 is 0. The summed E-state index contributed by atoms with van der Waals surface area (Å²) in [5.74, 6) is -1.66. The molecule has 2 amide bonds. The fourth-order valence-corrected chi connectivity index (χ4v) is 2.66. The zero-order valence-corrected chi connectivity index (χ0v) is 12.7. The van der Waals surface area contributed by atoms with E-state index in [1.807, 2.05) is 0 Å². The Kier molecular flexibility index (Phi) is 5.56. The maximum atomic E-state index is 12.5. The van der Waals surface area contributed by atoms with Crippen LogP contribution in [-0.4, -0.2) is 52.0 Å². The molecule has 0 radical (unpaired) electrons. The van der Waals surface area contributed by atoms with Crippen LogP contribution >= 0.6 is 0 Å². The summed E-state index contributed by atoms with van der Waals surface area (Å²) in [6, 6.07) is 5.67. The first kappa shape index (κ1) is 16.8. The molecular formula is C16H20N2O5. The van der Waals surface area contributed by atoms with Crippen molar-refractivity contribution in [1.29, 1.82) is 0 Å². The van der Waals surface area contributed by atoms with Gasteiger partial charge in [0.2, 0.25) is 5.91 Å². The number of hydrogen-bond acceptors (Lipinski definition) is 4. The highest BCUT2D eigenvalue weighted by molar-refractivity contribution is 5.99. The Morgan fingerprint density at radius 2 is 2.00 bits per heavy atom. The zero-order chi connectivity index (χ0) is 16.8. The van der Waals surface area contributed by atoms with Crippen LogP contribution in [0.15, 0.2) is 24.3 Å². The van der Waals surface area contributed by atoms with Crippen LogP contribution in [-0.2, 0) is 9.59 Å². The molecule has 0 saturated carbocycles. The number of likely N-dealkylation sites (tertiary alicyclic amines) is 1. The van der Waals surface area contributed by atoms with Crippen molar-refractivity contribution < 1.29 is 24.6 Å². The number of benzene rings is 1. The van der Waals surface area contributed by atoms with Gasteiger partial charge >= 0.3 is 5.97 Å². The van der Waals surface area contributed by atoms with Crippen LogP contribution < -0.4 is 5.32 Å². The molecule has 1 aliphatic rings. The van der Waals surface area contributed by atoms with Gasteiger partial charge in [0.1, 0.15) is 11.8 Å². The van der Waals surface area contributed by atoms with Gasteiger partial charge in [-0.25, -0.2) is 0 Å². The molecule has 1 heterocycles. The highest BCUT2D eigenvalue weighted by Crippen LogP contribution is 2.24. The third kappa shape index (κ3) is 4.21. The predicted molar refractivity (Wildman–Crippen MR) is 82.0 cm³/mol. The number of hydrogen-bond donors (Lipinski definition) is 3. The molecule has 0 aromatic heterocycles. The van der Waals surface area contributed by atoms with Gasteiger partial charge in [-0.15, -0.1) is 0 Å². The van der Waals surface area contributed by atoms with E-state index in [9.17, 15) is 19.5 Å². The Bertz CT molecular complexity index is 602. The molecule has 7 nitrogen and oxygen atoms in total. The number of rotatable bonds is 6. The maximum Gasteiger partial charge on any atom is 0.303 e. The number of para-hydroxylation sites is 1. The van der Waals surface area contributed by atoms with Crippen molar-refractivity contribution in [3.63, 3.8) is 0 Å². The van der Waals surface area contributed by atoms with Gasteiger partial charge in [-0.3, -0.25) is 14.4 Å².